The lowest BCUT2D eigenvalue weighted by Crippen LogP contribution is -2.26. The number of nitrogens with zero attached hydrogens (tertiary/aromatic N) is 2. The SMILES string of the molecule is COCC(=O)NCc1nc(-c2ccccc2C)no1. The standard InChI is InChI=1S/C13H15N3O3/c1-9-5-3-4-6-10(9)13-15-12(19-16-13)7-14-11(17)8-18-2/h3-6H,7-8H2,1-2H3,(H,14,17). The first kappa shape index (κ1) is 13.2. The highest BCUT2D eigenvalue weighted by atomic mass is 16.5. The van der Waals surface area contributed by atoms with E-state index in [2.05, 4.69) is 15.5 Å². The van der Waals surface area contributed by atoms with E-state index in [-0.39, 0.29) is 19.1 Å². The van der Waals surface area contributed by atoms with Gasteiger partial charge in [-0.25, -0.2) is 0 Å². The molecule has 0 aliphatic carbocycles. The number of rotatable bonds is 5. The Bertz CT molecular complexity index is 566. The Morgan fingerprint density at radius 3 is 2.95 bits per heavy atom. The van der Waals surface area contributed by atoms with Gasteiger partial charge in [0.1, 0.15) is 6.61 Å². The van der Waals surface area contributed by atoms with E-state index < -0.39 is 0 Å². The Balaban J connectivity index is 2.04. The van der Waals surface area contributed by atoms with Gasteiger partial charge in [-0.1, -0.05) is 29.4 Å². The van der Waals surface area contributed by atoms with Gasteiger partial charge in [0.25, 0.3) is 0 Å². The first-order valence-electron chi connectivity index (χ1n) is 5.85. The number of hydrogen-bond acceptors (Lipinski definition) is 5. The molecule has 0 atom stereocenters. The summed E-state index contributed by atoms with van der Waals surface area (Å²) in [6.45, 7) is 2.19. The molecule has 0 fully saturated rings. The van der Waals surface area contributed by atoms with E-state index in [0.717, 1.165) is 11.1 Å². The maximum atomic E-state index is 11.2. The number of benzene rings is 1. The minimum Gasteiger partial charge on any atom is -0.375 e. The van der Waals surface area contributed by atoms with E-state index in [1.807, 2.05) is 31.2 Å². The fourth-order valence-electron chi connectivity index (χ4n) is 1.62. The maximum absolute atomic E-state index is 11.2. The van der Waals surface area contributed by atoms with Crippen LogP contribution in [-0.4, -0.2) is 29.8 Å². The molecule has 1 aromatic heterocycles. The van der Waals surface area contributed by atoms with E-state index in [4.69, 9.17) is 9.26 Å². The molecule has 6 nitrogen and oxygen atoms in total. The molecule has 1 aromatic carbocycles. The third-order valence-electron chi connectivity index (χ3n) is 2.57. The smallest absolute Gasteiger partial charge is 0.246 e. The molecular weight excluding hydrogens is 246 g/mol. The summed E-state index contributed by atoms with van der Waals surface area (Å²) in [5.41, 5.74) is 1.99. The Morgan fingerprint density at radius 2 is 2.21 bits per heavy atom. The van der Waals surface area contributed by atoms with Crippen molar-refractivity contribution in [3.05, 3.63) is 35.7 Å². The highest BCUT2D eigenvalue weighted by Gasteiger charge is 2.11. The lowest BCUT2D eigenvalue weighted by Gasteiger charge is -2.00. The fourth-order valence-corrected chi connectivity index (χ4v) is 1.62. The number of aryl methyl sites for hydroxylation is 1. The summed E-state index contributed by atoms with van der Waals surface area (Å²) >= 11 is 0. The van der Waals surface area contributed by atoms with Gasteiger partial charge >= 0.3 is 0 Å². The number of methoxy groups -OCH3 is 1. The fraction of sp³-hybridized carbons (Fsp3) is 0.308. The monoisotopic (exact) mass is 261 g/mol. The van der Waals surface area contributed by atoms with E-state index in [1.165, 1.54) is 7.11 Å². The number of ether oxygens (including phenoxy) is 1. The van der Waals surface area contributed by atoms with Crippen LogP contribution in [0.3, 0.4) is 0 Å². The van der Waals surface area contributed by atoms with Gasteiger partial charge in [-0.3, -0.25) is 4.79 Å². The van der Waals surface area contributed by atoms with Crippen LogP contribution in [-0.2, 0) is 16.1 Å². The zero-order chi connectivity index (χ0) is 13.7. The second-order valence-electron chi connectivity index (χ2n) is 4.04. The highest BCUT2D eigenvalue weighted by molar-refractivity contribution is 5.77. The Hall–Kier alpha value is -2.21. The second-order valence-corrected chi connectivity index (χ2v) is 4.04. The van der Waals surface area contributed by atoms with E-state index in [9.17, 15) is 4.79 Å². The van der Waals surface area contributed by atoms with Crippen molar-refractivity contribution in [3.8, 4) is 11.4 Å². The molecule has 0 bridgehead atoms. The van der Waals surface area contributed by atoms with Crippen molar-refractivity contribution in [1.82, 2.24) is 15.5 Å². The number of aromatic nitrogens is 2. The molecule has 0 aliphatic rings. The predicted octanol–water partition coefficient (Wildman–Crippen LogP) is 1.31. The zero-order valence-electron chi connectivity index (χ0n) is 10.8. The van der Waals surface area contributed by atoms with Crippen LogP contribution in [0.4, 0.5) is 0 Å². The second kappa shape index (κ2) is 6.10. The molecule has 1 heterocycles. The molecule has 0 saturated heterocycles. The van der Waals surface area contributed by atoms with Crippen LogP contribution in [0, 0.1) is 6.92 Å². The molecule has 0 unspecified atom stereocenters. The summed E-state index contributed by atoms with van der Waals surface area (Å²) in [5, 5.41) is 6.52. The van der Waals surface area contributed by atoms with Crippen LogP contribution in [0.1, 0.15) is 11.5 Å². The number of hydrogen-bond donors (Lipinski definition) is 1. The molecule has 2 aromatic rings. The molecule has 0 saturated carbocycles. The average molecular weight is 261 g/mol. The van der Waals surface area contributed by atoms with Crippen molar-refractivity contribution >= 4 is 5.91 Å². The molecule has 100 valence electrons. The topological polar surface area (TPSA) is 77.2 Å². The summed E-state index contributed by atoms with van der Waals surface area (Å²) in [4.78, 5) is 15.5. The summed E-state index contributed by atoms with van der Waals surface area (Å²) < 4.78 is 9.79. The van der Waals surface area contributed by atoms with Gasteiger partial charge in [0, 0.05) is 12.7 Å². The van der Waals surface area contributed by atoms with Crippen molar-refractivity contribution < 1.29 is 14.1 Å². The van der Waals surface area contributed by atoms with Gasteiger partial charge in [-0.05, 0) is 12.5 Å². The Labute approximate surface area is 110 Å². The molecule has 1 N–H and O–H groups in total. The minimum atomic E-state index is -0.224. The van der Waals surface area contributed by atoms with Gasteiger partial charge in [0.2, 0.25) is 17.6 Å². The third kappa shape index (κ3) is 3.38. The highest BCUT2D eigenvalue weighted by Crippen LogP contribution is 2.19. The van der Waals surface area contributed by atoms with Crippen LogP contribution in [0.5, 0.6) is 0 Å². The quantitative estimate of drug-likeness (QED) is 0.878. The molecule has 6 heteroatoms. The molecule has 0 spiro atoms. The molecule has 0 radical (unpaired) electrons. The summed E-state index contributed by atoms with van der Waals surface area (Å²) in [7, 11) is 1.46. The van der Waals surface area contributed by atoms with Crippen molar-refractivity contribution in [2.24, 2.45) is 0 Å². The normalized spacial score (nSPS) is 10.4. The van der Waals surface area contributed by atoms with Crippen LogP contribution < -0.4 is 5.32 Å². The number of nitrogens with one attached hydrogen (secondary N) is 1. The zero-order valence-corrected chi connectivity index (χ0v) is 10.8. The molecule has 2 rings (SSSR count). The molecular formula is C13H15N3O3. The average Bonchev–Trinajstić information content (AvgIpc) is 2.86. The first-order valence-corrected chi connectivity index (χ1v) is 5.85. The van der Waals surface area contributed by atoms with Crippen molar-refractivity contribution in [1.29, 1.82) is 0 Å². The lowest BCUT2D eigenvalue weighted by molar-refractivity contribution is -0.125. The van der Waals surface area contributed by atoms with Gasteiger partial charge in [-0.2, -0.15) is 4.98 Å². The summed E-state index contributed by atoms with van der Waals surface area (Å²) in [5.74, 6) is 0.662. The van der Waals surface area contributed by atoms with Crippen LogP contribution >= 0.6 is 0 Å². The van der Waals surface area contributed by atoms with Crippen molar-refractivity contribution in [3.63, 3.8) is 0 Å². The third-order valence-corrected chi connectivity index (χ3v) is 2.57. The summed E-state index contributed by atoms with van der Waals surface area (Å²) in [6, 6.07) is 7.77. The van der Waals surface area contributed by atoms with Crippen LogP contribution in [0.15, 0.2) is 28.8 Å². The Morgan fingerprint density at radius 1 is 1.42 bits per heavy atom. The lowest BCUT2D eigenvalue weighted by atomic mass is 10.1. The number of carbonyl (C=O) groups excluding carboxylic acids is 1. The Kier molecular flexibility index (Phi) is 4.25. The summed E-state index contributed by atoms with van der Waals surface area (Å²) in [6.07, 6.45) is 0. The predicted molar refractivity (Wildman–Crippen MR) is 68.2 cm³/mol. The molecule has 1 amide bonds. The largest absolute Gasteiger partial charge is 0.375 e. The number of amides is 1. The van der Waals surface area contributed by atoms with Gasteiger partial charge in [-0.15, -0.1) is 0 Å². The van der Waals surface area contributed by atoms with E-state index in [0.29, 0.717) is 11.7 Å². The van der Waals surface area contributed by atoms with Crippen molar-refractivity contribution in [2.45, 2.75) is 13.5 Å². The van der Waals surface area contributed by atoms with E-state index in [1.54, 1.807) is 0 Å². The van der Waals surface area contributed by atoms with Gasteiger partial charge < -0.3 is 14.6 Å². The van der Waals surface area contributed by atoms with Gasteiger partial charge in [0.05, 0.1) is 6.54 Å². The van der Waals surface area contributed by atoms with Crippen LogP contribution in [0.25, 0.3) is 11.4 Å². The minimum absolute atomic E-state index is 0.0127. The molecule has 0 aliphatic heterocycles. The first-order chi connectivity index (χ1) is 9.20. The number of carbonyl (C=O) groups is 1. The van der Waals surface area contributed by atoms with Gasteiger partial charge in [0.15, 0.2) is 0 Å². The maximum Gasteiger partial charge on any atom is 0.246 e. The van der Waals surface area contributed by atoms with Crippen molar-refractivity contribution in [2.75, 3.05) is 13.7 Å². The molecule has 19 heavy (non-hydrogen) atoms. The van der Waals surface area contributed by atoms with E-state index >= 15 is 0 Å². The van der Waals surface area contributed by atoms with Crippen LogP contribution in [0.2, 0.25) is 0 Å².